The Labute approximate surface area is 109 Å². The third-order valence-corrected chi connectivity index (χ3v) is 4.25. The molecular weight excluding hydrogens is 224 g/mol. The summed E-state index contributed by atoms with van der Waals surface area (Å²) in [7, 11) is 0. The Morgan fingerprint density at radius 2 is 1.94 bits per heavy atom. The van der Waals surface area contributed by atoms with Crippen molar-refractivity contribution < 1.29 is 9.90 Å². The number of carbonyl (C=O) groups is 1. The molecule has 98 valence electrons. The van der Waals surface area contributed by atoms with Crippen molar-refractivity contribution in [3.63, 3.8) is 0 Å². The molecule has 0 spiro atoms. The molecule has 2 nitrogen and oxygen atoms in total. The van der Waals surface area contributed by atoms with Crippen LogP contribution >= 0.6 is 0 Å². The molecule has 2 heteroatoms. The van der Waals surface area contributed by atoms with Crippen LogP contribution in [-0.2, 0) is 11.2 Å². The molecule has 0 saturated heterocycles. The summed E-state index contributed by atoms with van der Waals surface area (Å²) >= 11 is 0. The molecule has 1 saturated carbocycles. The molecule has 18 heavy (non-hydrogen) atoms. The van der Waals surface area contributed by atoms with Crippen molar-refractivity contribution in [1.82, 2.24) is 0 Å². The Morgan fingerprint density at radius 1 is 1.28 bits per heavy atom. The van der Waals surface area contributed by atoms with Gasteiger partial charge in [-0.05, 0) is 48.6 Å². The Bertz CT molecular complexity index is 408. The minimum atomic E-state index is -0.633. The topological polar surface area (TPSA) is 37.3 Å². The molecule has 0 radical (unpaired) electrons. The highest BCUT2D eigenvalue weighted by Gasteiger charge is 2.34. The first kappa shape index (κ1) is 13.1. The van der Waals surface area contributed by atoms with E-state index in [0.717, 1.165) is 25.7 Å². The predicted octanol–water partition coefficient (Wildman–Crippen LogP) is 3.85. The zero-order valence-corrected chi connectivity index (χ0v) is 11.2. The molecule has 0 aliphatic heterocycles. The molecule has 1 aromatic carbocycles. The smallest absolute Gasteiger partial charge is 0.307 e. The molecule has 3 unspecified atom stereocenters. The number of hydrogen-bond donors (Lipinski definition) is 1. The van der Waals surface area contributed by atoms with Crippen molar-refractivity contribution in [2.45, 2.75) is 45.4 Å². The normalized spacial score (nSPS) is 28.0. The van der Waals surface area contributed by atoms with Gasteiger partial charge < -0.3 is 5.11 Å². The number of benzene rings is 1. The van der Waals surface area contributed by atoms with Crippen LogP contribution in [0.4, 0.5) is 0 Å². The van der Waals surface area contributed by atoms with Gasteiger partial charge in [0.25, 0.3) is 0 Å². The van der Waals surface area contributed by atoms with Crippen LogP contribution in [0.15, 0.2) is 24.3 Å². The summed E-state index contributed by atoms with van der Waals surface area (Å²) in [5, 5.41) is 9.36. The first-order chi connectivity index (χ1) is 8.61. The third kappa shape index (κ3) is 2.74. The van der Waals surface area contributed by atoms with Crippen LogP contribution in [-0.4, -0.2) is 11.1 Å². The van der Waals surface area contributed by atoms with Gasteiger partial charge in [-0.25, -0.2) is 0 Å². The van der Waals surface area contributed by atoms with Crippen molar-refractivity contribution >= 4 is 5.97 Å². The van der Waals surface area contributed by atoms with E-state index in [4.69, 9.17) is 0 Å². The largest absolute Gasteiger partial charge is 0.481 e. The van der Waals surface area contributed by atoms with Crippen LogP contribution in [0.25, 0.3) is 0 Å². The lowest BCUT2D eigenvalue weighted by Crippen LogP contribution is -2.28. The van der Waals surface area contributed by atoms with E-state index in [2.05, 4.69) is 38.1 Å². The fourth-order valence-corrected chi connectivity index (χ4v) is 3.05. The summed E-state index contributed by atoms with van der Waals surface area (Å²) < 4.78 is 0. The quantitative estimate of drug-likeness (QED) is 0.879. The van der Waals surface area contributed by atoms with Gasteiger partial charge in [0.15, 0.2) is 0 Å². The van der Waals surface area contributed by atoms with Crippen molar-refractivity contribution in [1.29, 1.82) is 0 Å². The standard InChI is InChI=1S/C16H22O2/c1-3-12-5-7-13(8-6-12)15-10-11(2)4-9-14(15)16(17)18/h5-8,11,14-15H,3-4,9-10H2,1-2H3,(H,17,18). The van der Waals surface area contributed by atoms with E-state index in [1.165, 1.54) is 11.1 Å². The van der Waals surface area contributed by atoms with Crippen LogP contribution < -0.4 is 0 Å². The molecule has 0 amide bonds. The van der Waals surface area contributed by atoms with Gasteiger partial charge in [0.1, 0.15) is 0 Å². The first-order valence-corrected chi connectivity index (χ1v) is 6.93. The fourth-order valence-electron chi connectivity index (χ4n) is 3.05. The van der Waals surface area contributed by atoms with Crippen molar-refractivity contribution in [3.05, 3.63) is 35.4 Å². The summed E-state index contributed by atoms with van der Waals surface area (Å²) in [5.74, 6) is -0.00578. The number of carboxylic acid groups (broad SMARTS) is 1. The fraction of sp³-hybridized carbons (Fsp3) is 0.562. The highest BCUT2D eigenvalue weighted by atomic mass is 16.4. The molecule has 1 fully saturated rings. The number of aliphatic carboxylic acids is 1. The van der Waals surface area contributed by atoms with Crippen LogP contribution in [0.1, 0.15) is 50.2 Å². The second-order valence-corrected chi connectivity index (χ2v) is 5.56. The second-order valence-electron chi connectivity index (χ2n) is 5.56. The van der Waals surface area contributed by atoms with E-state index < -0.39 is 5.97 Å². The van der Waals surface area contributed by atoms with Crippen molar-refractivity contribution in [3.8, 4) is 0 Å². The number of hydrogen-bond acceptors (Lipinski definition) is 1. The first-order valence-electron chi connectivity index (χ1n) is 6.93. The molecular formula is C16H22O2. The summed E-state index contributed by atoms with van der Waals surface area (Å²) in [6.45, 7) is 4.36. The van der Waals surface area contributed by atoms with Crippen LogP contribution in [0.5, 0.6) is 0 Å². The molecule has 0 bridgehead atoms. The molecule has 1 aliphatic rings. The number of rotatable bonds is 3. The lowest BCUT2D eigenvalue weighted by Gasteiger charge is -2.32. The molecule has 1 N–H and O–H groups in total. The maximum absolute atomic E-state index is 11.4. The highest BCUT2D eigenvalue weighted by molar-refractivity contribution is 5.71. The van der Waals surface area contributed by atoms with Crippen LogP contribution in [0, 0.1) is 11.8 Å². The Morgan fingerprint density at radius 3 is 2.50 bits per heavy atom. The van der Waals surface area contributed by atoms with Crippen LogP contribution in [0.2, 0.25) is 0 Å². The van der Waals surface area contributed by atoms with Gasteiger partial charge in [0.05, 0.1) is 5.92 Å². The van der Waals surface area contributed by atoms with Crippen molar-refractivity contribution in [2.75, 3.05) is 0 Å². The second kappa shape index (κ2) is 5.55. The average molecular weight is 246 g/mol. The predicted molar refractivity (Wildman–Crippen MR) is 72.7 cm³/mol. The molecule has 0 aromatic heterocycles. The SMILES string of the molecule is CCc1ccc(C2CC(C)CCC2C(=O)O)cc1. The lowest BCUT2D eigenvalue weighted by atomic mass is 9.71. The van der Waals surface area contributed by atoms with E-state index >= 15 is 0 Å². The van der Waals surface area contributed by atoms with Gasteiger partial charge >= 0.3 is 5.97 Å². The maximum Gasteiger partial charge on any atom is 0.307 e. The number of aryl methyl sites for hydroxylation is 1. The monoisotopic (exact) mass is 246 g/mol. The Kier molecular flexibility index (Phi) is 4.05. The van der Waals surface area contributed by atoms with Gasteiger partial charge in [0, 0.05) is 0 Å². The Hall–Kier alpha value is -1.31. The minimum absolute atomic E-state index is 0.192. The van der Waals surface area contributed by atoms with E-state index in [1.807, 2.05) is 0 Å². The molecule has 1 aromatic rings. The average Bonchev–Trinajstić information content (AvgIpc) is 2.38. The van der Waals surface area contributed by atoms with Gasteiger partial charge in [-0.3, -0.25) is 4.79 Å². The maximum atomic E-state index is 11.4. The van der Waals surface area contributed by atoms with Crippen LogP contribution in [0.3, 0.4) is 0 Å². The molecule has 2 rings (SSSR count). The van der Waals surface area contributed by atoms with Gasteiger partial charge in [-0.2, -0.15) is 0 Å². The van der Waals surface area contributed by atoms with E-state index in [9.17, 15) is 9.90 Å². The zero-order valence-electron chi connectivity index (χ0n) is 11.2. The lowest BCUT2D eigenvalue weighted by molar-refractivity contribution is -0.143. The zero-order chi connectivity index (χ0) is 13.1. The molecule has 0 heterocycles. The van der Waals surface area contributed by atoms with Gasteiger partial charge in [-0.15, -0.1) is 0 Å². The van der Waals surface area contributed by atoms with E-state index in [-0.39, 0.29) is 11.8 Å². The molecule has 1 aliphatic carbocycles. The van der Waals surface area contributed by atoms with E-state index in [1.54, 1.807) is 0 Å². The van der Waals surface area contributed by atoms with E-state index in [0.29, 0.717) is 5.92 Å². The number of carboxylic acids is 1. The minimum Gasteiger partial charge on any atom is -0.481 e. The third-order valence-electron chi connectivity index (χ3n) is 4.25. The Balaban J connectivity index is 2.23. The van der Waals surface area contributed by atoms with Gasteiger partial charge in [-0.1, -0.05) is 38.1 Å². The summed E-state index contributed by atoms with van der Waals surface area (Å²) in [6, 6.07) is 8.51. The summed E-state index contributed by atoms with van der Waals surface area (Å²) in [6.07, 6.45) is 3.89. The highest BCUT2D eigenvalue weighted by Crippen LogP contribution is 2.40. The van der Waals surface area contributed by atoms with Gasteiger partial charge in [0.2, 0.25) is 0 Å². The molecule has 3 atom stereocenters. The summed E-state index contributed by atoms with van der Waals surface area (Å²) in [5.41, 5.74) is 2.51. The summed E-state index contributed by atoms with van der Waals surface area (Å²) in [4.78, 5) is 11.4. The van der Waals surface area contributed by atoms with Crippen molar-refractivity contribution in [2.24, 2.45) is 11.8 Å².